The number of amides is 3. The molecule has 2 atom stereocenters. The van der Waals surface area contributed by atoms with E-state index in [1.165, 1.54) is 21.2 Å². The predicted octanol–water partition coefficient (Wildman–Crippen LogP) is 3.81. The number of aryl methyl sites for hydroxylation is 1. The Hall–Kier alpha value is -3.37. The van der Waals surface area contributed by atoms with E-state index in [-0.39, 0.29) is 29.1 Å². The topological polar surface area (TPSA) is 97.7 Å². The number of thioether (sulfide) groups is 1. The van der Waals surface area contributed by atoms with Gasteiger partial charge in [0.05, 0.1) is 23.7 Å². The Bertz CT molecular complexity index is 1420. The van der Waals surface area contributed by atoms with Crippen LogP contribution in [0.3, 0.4) is 0 Å². The van der Waals surface area contributed by atoms with E-state index in [1.807, 2.05) is 32.9 Å². The van der Waals surface area contributed by atoms with Crippen molar-refractivity contribution in [3.63, 3.8) is 0 Å². The summed E-state index contributed by atoms with van der Waals surface area (Å²) >= 11 is 2.24. The molecular formula is C26H25N3O5S2. The molecule has 0 radical (unpaired) electrons. The Kier molecular flexibility index (Phi) is 6.04. The number of hydrogen-bond donors (Lipinski definition) is 1. The Morgan fingerprint density at radius 3 is 2.33 bits per heavy atom. The monoisotopic (exact) mass is 523 g/mol. The summed E-state index contributed by atoms with van der Waals surface area (Å²) in [5, 5.41) is 2.70. The Balaban J connectivity index is 1.44. The molecule has 186 valence electrons. The number of methoxy groups -OCH3 is 1. The molecule has 1 N–H and O–H groups in total. The number of imide groups is 1. The summed E-state index contributed by atoms with van der Waals surface area (Å²) in [6.07, 6.45) is 0. The van der Waals surface area contributed by atoms with Crippen LogP contribution in [0.5, 0.6) is 5.75 Å². The molecule has 2 aromatic carbocycles. The van der Waals surface area contributed by atoms with Crippen molar-refractivity contribution in [2.45, 2.75) is 43.0 Å². The lowest BCUT2D eigenvalue weighted by Gasteiger charge is -2.36. The minimum Gasteiger partial charge on any atom is -0.497 e. The lowest BCUT2D eigenvalue weighted by atomic mass is 9.76. The van der Waals surface area contributed by atoms with Crippen LogP contribution in [0.4, 0.5) is 11.4 Å². The molecule has 0 aliphatic carbocycles. The molecule has 8 nitrogen and oxygen atoms in total. The maximum atomic E-state index is 13.5. The van der Waals surface area contributed by atoms with Gasteiger partial charge in [0.2, 0.25) is 17.7 Å². The number of nitrogens with one attached hydrogen (secondary N) is 1. The van der Waals surface area contributed by atoms with Crippen molar-refractivity contribution in [2.75, 3.05) is 17.3 Å². The van der Waals surface area contributed by atoms with Gasteiger partial charge in [0, 0.05) is 16.0 Å². The van der Waals surface area contributed by atoms with Gasteiger partial charge in [-0.3, -0.25) is 23.7 Å². The summed E-state index contributed by atoms with van der Waals surface area (Å²) in [6.45, 7) is 5.54. The van der Waals surface area contributed by atoms with Crippen LogP contribution in [0, 0.1) is 12.8 Å². The number of carbonyl (C=O) groups is 3. The number of anilines is 2. The van der Waals surface area contributed by atoms with Crippen molar-refractivity contribution in [1.29, 1.82) is 0 Å². The van der Waals surface area contributed by atoms with Crippen LogP contribution in [0.2, 0.25) is 0 Å². The molecule has 0 spiro atoms. The van der Waals surface area contributed by atoms with Crippen molar-refractivity contribution in [1.82, 2.24) is 4.57 Å². The number of thiazole rings is 1. The highest BCUT2D eigenvalue weighted by molar-refractivity contribution is 8.00. The minimum absolute atomic E-state index is 0.193. The van der Waals surface area contributed by atoms with Crippen molar-refractivity contribution >= 4 is 52.2 Å². The molecular weight excluding hydrogens is 498 g/mol. The Morgan fingerprint density at radius 2 is 1.69 bits per heavy atom. The first-order chi connectivity index (χ1) is 17.1. The summed E-state index contributed by atoms with van der Waals surface area (Å²) in [6, 6.07) is 14.2. The molecule has 5 rings (SSSR count). The fourth-order valence-electron chi connectivity index (χ4n) is 4.73. The third kappa shape index (κ3) is 3.94. The lowest BCUT2D eigenvalue weighted by Crippen LogP contribution is -2.41. The molecule has 0 saturated carbocycles. The number of rotatable bonds is 5. The average molecular weight is 524 g/mol. The molecule has 10 heteroatoms. The average Bonchev–Trinajstić information content (AvgIpc) is 3.29. The van der Waals surface area contributed by atoms with Gasteiger partial charge in [0.1, 0.15) is 17.5 Å². The quantitative estimate of drug-likeness (QED) is 0.511. The van der Waals surface area contributed by atoms with Gasteiger partial charge in [0.25, 0.3) is 0 Å². The van der Waals surface area contributed by atoms with Gasteiger partial charge in [-0.15, -0.1) is 0 Å². The first-order valence-electron chi connectivity index (χ1n) is 11.4. The molecule has 1 aromatic heterocycles. The second-order valence-corrected chi connectivity index (χ2v) is 11.5. The maximum Gasteiger partial charge on any atom is 0.308 e. The van der Waals surface area contributed by atoms with Gasteiger partial charge in [-0.1, -0.05) is 54.6 Å². The smallest absolute Gasteiger partial charge is 0.308 e. The van der Waals surface area contributed by atoms with Crippen molar-refractivity contribution < 1.29 is 19.1 Å². The van der Waals surface area contributed by atoms with Crippen LogP contribution in [-0.2, 0) is 26.3 Å². The van der Waals surface area contributed by atoms with Crippen LogP contribution in [0.1, 0.15) is 24.3 Å². The first kappa shape index (κ1) is 24.3. The fourth-order valence-corrected chi connectivity index (χ4v) is 7.77. The van der Waals surface area contributed by atoms with Crippen molar-refractivity contribution in [3.8, 4) is 5.75 Å². The van der Waals surface area contributed by atoms with Crippen molar-refractivity contribution in [3.05, 3.63) is 68.6 Å². The number of benzene rings is 2. The third-order valence-electron chi connectivity index (χ3n) is 6.67. The van der Waals surface area contributed by atoms with Gasteiger partial charge in [-0.05, 0) is 43.3 Å². The zero-order chi connectivity index (χ0) is 25.8. The molecule has 3 aromatic rings. The predicted molar refractivity (Wildman–Crippen MR) is 140 cm³/mol. The molecule has 3 amide bonds. The number of fused-ring (bicyclic) bond motifs is 2. The minimum atomic E-state index is -0.751. The van der Waals surface area contributed by atoms with E-state index in [1.54, 1.807) is 43.5 Å². The standard InChI is InChI=1S/C26H25N3O5S2/c1-14-5-9-16(10-6-14)29-22(31)19-20(23(29)32)35-24-21(26(19,2)3)36-25(33)28(24)13-18(30)27-15-7-11-17(34-4)12-8-15/h5-12,19-20H,13H2,1-4H3,(H,27,30)/t19-,20+/m1/s1. The highest BCUT2D eigenvalue weighted by atomic mass is 32.2. The van der Waals surface area contributed by atoms with Crippen LogP contribution in [-0.4, -0.2) is 34.6 Å². The van der Waals surface area contributed by atoms with E-state index in [0.717, 1.165) is 21.8 Å². The SMILES string of the molecule is COc1ccc(NC(=O)Cn2c3c(sc2=O)C(C)(C)[C@H]2C(=O)N(c4ccc(C)cc4)C(=O)[C@H]2S3)cc1. The van der Waals surface area contributed by atoms with Gasteiger partial charge in [-0.2, -0.15) is 0 Å². The largest absolute Gasteiger partial charge is 0.497 e. The molecule has 2 aliphatic heterocycles. The zero-order valence-corrected chi connectivity index (χ0v) is 21.9. The van der Waals surface area contributed by atoms with E-state index in [4.69, 9.17) is 4.74 Å². The summed E-state index contributed by atoms with van der Waals surface area (Å²) < 4.78 is 6.54. The first-order valence-corrected chi connectivity index (χ1v) is 13.1. The molecule has 0 bridgehead atoms. The van der Waals surface area contributed by atoms with E-state index < -0.39 is 16.6 Å². The van der Waals surface area contributed by atoms with Gasteiger partial charge in [-0.25, -0.2) is 4.90 Å². The molecule has 0 unspecified atom stereocenters. The van der Waals surface area contributed by atoms with E-state index >= 15 is 0 Å². The van der Waals surface area contributed by atoms with Crippen LogP contribution in [0.25, 0.3) is 0 Å². The normalized spacial score (nSPS) is 20.2. The number of nitrogens with zero attached hydrogens (tertiary/aromatic N) is 2. The lowest BCUT2D eigenvalue weighted by molar-refractivity contribution is -0.123. The van der Waals surface area contributed by atoms with E-state index in [0.29, 0.717) is 22.2 Å². The number of ether oxygens (including phenoxy) is 1. The van der Waals surface area contributed by atoms with E-state index in [2.05, 4.69) is 5.32 Å². The van der Waals surface area contributed by atoms with E-state index in [9.17, 15) is 19.2 Å². The van der Waals surface area contributed by atoms with Crippen molar-refractivity contribution in [2.24, 2.45) is 5.92 Å². The zero-order valence-electron chi connectivity index (χ0n) is 20.2. The highest BCUT2D eigenvalue weighted by Gasteiger charge is 2.59. The number of carbonyl (C=O) groups excluding carboxylic acids is 3. The van der Waals surface area contributed by atoms with Gasteiger partial charge in [0.15, 0.2) is 0 Å². The van der Waals surface area contributed by atoms with Gasteiger partial charge >= 0.3 is 4.87 Å². The maximum absolute atomic E-state index is 13.5. The fraction of sp³-hybridized carbons (Fsp3) is 0.308. The van der Waals surface area contributed by atoms with Crippen LogP contribution >= 0.6 is 23.1 Å². The molecule has 3 heterocycles. The summed E-state index contributed by atoms with van der Waals surface area (Å²) in [5.41, 5.74) is 1.40. The molecule has 2 aliphatic rings. The Morgan fingerprint density at radius 1 is 1.03 bits per heavy atom. The van der Waals surface area contributed by atoms with Crippen LogP contribution < -0.4 is 19.8 Å². The number of hydrogen-bond acceptors (Lipinski definition) is 7. The summed E-state index contributed by atoms with van der Waals surface area (Å²) in [7, 11) is 1.56. The van der Waals surface area contributed by atoms with Gasteiger partial charge < -0.3 is 10.1 Å². The highest BCUT2D eigenvalue weighted by Crippen LogP contribution is 2.54. The molecule has 36 heavy (non-hydrogen) atoms. The third-order valence-corrected chi connectivity index (χ3v) is 9.49. The molecule has 1 saturated heterocycles. The molecule has 1 fully saturated rings. The summed E-state index contributed by atoms with van der Waals surface area (Å²) in [5.74, 6) is -0.867. The Labute approximate surface area is 216 Å². The van der Waals surface area contributed by atoms with Crippen LogP contribution in [0.15, 0.2) is 58.4 Å². The summed E-state index contributed by atoms with van der Waals surface area (Å²) in [4.78, 5) is 54.5. The number of aromatic nitrogens is 1. The second kappa shape index (κ2) is 8.94. The second-order valence-electron chi connectivity index (χ2n) is 9.45.